The van der Waals surface area contributed by atoms with Gasteiger partial charge in [-0.2, -0.15) is 13.2 Å². The third-order valence-corrected chi connectivity index (χ3v) is 3.02. The summed E-state index contributed by atoms with van der Waals surface area (Å²) in [4.78, 5) is 7.71. The number of aromatic nitrogens is 2. The SMILES string of the molecule is FC(F)(F)c1ccccc1CNc1ncncc1Br. The molecule has 3 nitrogen and oxygen atoms in total. The van der Waals surface area contributed by atoms with Gasteiger partial charge < -0.3 is 5.32 Å². The van der Waals surface area contributed by atoms with Gasteiger partial charge in [-0.05, 0) is 27.6 Å². The van der Waals surface area contributed by atoms with Gasteiger partial charge in [0.05, 0.1) is 10.0 Å². The molecular formula is C12H9BrF3N3. The number of halogens is 4. The first-order valence-corrected chi connectivity index (χ1v) is 6.12. The molecule has 0 aliphatic heterocycles. The minimum absolute atomic E-state index is 0.0330. The van der Waals surface area contributed by atoms with E-state index in [0.717, 1.165) is 6.07 Å². The fourth-order valence-corrected chi connectivity index (χ4v) is 1.93. The van der Waals surface area contributed by atoms with Crippen LogP contribution in [0, 0.1) is 0 Å². The lowest BCUT2D eigenvalue weighted by Gasteiger charge is -2.13. The van der Waals surface area contributed by atoms with Crippen molar-refractivity contribution in [2.45, 2.75) is 12.7 Å². The van der Waals surface area contributed by atoms with Crippen molar-refractivity contribution in [3.8, 4) is 0 Å². The fraction of sp³-hybridized carbons (Fsp3) is 0.167. The van der Waals surface area contributed by atoms with Gasteiger partial charge in [0.25, 0.3) is 0 Å². The molecular weight excluding hydrogens is 323 g/mol. The van der Waals surface area contributed by atoms with Crippen LogP contribution in [0.1, 0.15) is 11.1 Å². The first kappa shape index (κ1) is 13.8. The molecule has 19 heavy (non-hydrogen) atoms. The second-order valence-corrected chi connectivity index (χ2v) is 4.58. The average molecular weight is 332 g/mol. The van der Waals surface area contributed by atoms with Crippen LogP contribution in [0.15, 0.2) is 41.3 Å². The molecule has 0 fully saturated rings. The molecule has 1 aromatic carbocycles. The lowest BCUT2D eigenvalue weighted by Crippen LogP contribution is -2.12. The predicted molar refractivity (Wildman–Crippen MR) is 68.5 cm³/mol. The summed E-state index contributed by atoms with van der Waals surface area (Å²) in [6, 6.07) is 5.44. The Labute approximate surface area is 116 Å². The highest BCUT2D eigenvalue weighted by Gasteiger charge is 2.32. The second-order valence-electron chi connectivity index (χ2n) is 3.73. The summed E-state index contributed by atoms with van der Waals surface area (Å²) < 4.78 is 39.0. The number of alkyl halides is 3. The quantitative estimate of drug-likeness (QED) is 0.927. The smallest absolute Gasteiger partial charge is 0.365 e. The molecule has 0 aliphatic carbocycles. The van der Waals surface area contributed by atoms with Crippen molar-refractivity contribution in [2.75, 3.05) is 5.32 Å². The molecule has 0 bridgehead atoms. The largest absolute Gasteiger partial charge is 0.416 e. The van der Waals surface area contributed by atoms with Crippen LogP contribution in [-0.2, 0) is 12.7 Å². The van der Waals surface area contributed by atoms with Crippen molar-refractivity contribution >= 4 is 21.7 Å². The predicted octanol–water partition coefficient (Wildman–Crippen LogP) is 3.87. The molecule has 100 valence electrons. The highest BCUT2D eigenvalue weighted by Crippen LogP contribution is 2.32. The average Bonchev–Trinajstić information content (AvgIpc) is 2.37. The van der Waals surface area contributed by atoms with Crippen LogP contribution in [0.3, 0.4) is 0 Å². The van der Waals surface area contributed by atoms with Gasteiger partial charge in [0.2, 0.25) is 0 Å². The first-order valence-electron chi connectivity index (χ1n) is 5.33. The summed E-state index contributed by atoms with van der Waals surface area (Å²) in [5.74, 6) is 0.451. The Balaban J connectivity index is 2.19. The Morgan fingerprint density at radius 3 is 2.63 bits per heavy atom. The van der Waals surface area contributed by atoms with Crippen molar-refractivity contribution in [1.29, 1.82) is 0 Å². The monoisotopic (exact) mass is 331 g/mol. The number of anilines is 1. The lowest BCUT2D eigenvalue weighted by atomic mass is 10.1. The minimum Gasteiger partial charge on any atom is -0.365 e. The van der Waals surface area contributed by atoms with Crippen LogP contribution in [0.5, 0.6) is 0 Å². The van der Waals surface area contributed by atoms with Crippen molar-refractivity contribution in [3.05, 3.63) is 52.4 Å². The summed E-state index contributed by atoms with van der Waals surface area (Å²) in [5.41, 5.74) is -0.479. The molecule has 0 amide bonds. The summed E-state index contributed by atoms with van der Waals surface area (Å²) in [7, 11) is 0. The molecule has 0 atom stereocenters. The van der Waals surface area contributed by atoms with Gasteiger partial charge in [-0.15, -0.1) is 0 Å². The van der Waals surface area contributed by atoms with Gasteiger partial charge in [0, 0.05) is 12.7 Å². The Kier molecular flexibility index (Phi) is 4.04. The number of nitrogens with zero attached hydrogens (tertiary/aromatic N) is 2. The van der Waals surface area contributed by atoms with E-state index >= 15 is 0 Å². The number of hydrogen-bond acceptors (Lipinski definition) is 3. The third-order valence-electron chi connectivity index (χ3n) is 2.44. The van der Waals surface area contributed by atoms with Gasteiger partial charge in [0.15, 0.2) is 0 Å². The summed E-state index contributed by atoms with van der Waals surface area (Å²) in [5, 5.41) is 2.84. The van der Waals surface area contributed by atoms with E-state index in [1.54, 1.807) is 6.07 Å². The summed E-state index contributed by atoms with van der Waals surface area (Å²) >= 11 is 3.22. The van der Waals surface area contributed by atoms with Gasteiger partial charge in [-0.25, -0.2) is 9.97 Å². The van der Waals surface area contributed by atoms with E-state index < -0.39 is 11.7 Å². The molecule has 2 aromatic rings. The zero-order valence-corrected chi connectivity index (χ0v) is 11.2. The molecule has 1 heterocycles. The van der Waals surface area contributed by atoms with Crippen LogP contribution >= 0.6 is 15.9 Å². The Morgan fingerprint density at radius 2 is 1.95 bits per heavy atom. The summed E-state index contributed by atoms with van der Waals surface area (Å²) in [6.07, 6.45) is -1.52. The van der Waals surface area contributed by atoms with E-state index in [2.05, 4.69) is 31.2 Å². The zero-order chi connectivity index (χ0) is 13.9. The Bertz CT molecular complexity index is 572. The molecule has 0 saturated carbocycles. The number of benzene rings is 1. The lowest BCUT2D eigenvalue weighted by molar-refractivity contribution is -0.138. The normalized spacial score (nSPS) is 11.4. The maximum Gasteiger partial charge on any atom is 0.416 e. The van der Waals surface area contributed by atoms with Crippen molar-refractivity contribution in [3.63, 3.8) is 0 Å². The fourth-order valence-electron chi connectivity index (χ4n) is 1.57. The van der Waals surface area contributed by atoms with E-state index in [1.807, 2.05) is 0 Å². The molecule has 1 aromatic heterocycles. The molecule has 0 unspecified atom stereocenters. The Morgan fingerprint density at radius 1 is 1.21 bits per heavy atom. The second kappa shape index (κ2) is 5.56. The van der Waals surface area contributed by atoms with Crippen LogP contribution < -0.4 is 5.32 Å². The number of hydrogen-bond donors (Lipinski definition) is 1. The maximum atomic E-state index is 12.8. The third kappa shape index (κ3) is 3.44. The first-order chi connectivity index (χ1) is 8.98. The standard InChI is InChI=1S/C12H9BrF3N3/c13-10-6-17-7-19-11(10)18-5-8-3-1-2-4-9(8)12(14,15)16/h1-4,6-7H,5H2,(H,17,18,19). The van der Waals surface area contributed by atoms with Crippen LogP contribution in [0.25, 0.3) is 0 Å². The van der Waals surface area contributed by atoms with Gasteiger partial charge in [0.1, 0.15) is 12.1 Å². The van der Waals surface area contributed by atoms with Crippen LogP contribution in [-0.4, -0.2) is 9.97 Å². The van der Waals surface area contributed by atoms with Gasteiger partial charge in [-0.1, -0.05) is 18.2 Å². The van der Waals surface area contributed by atoms with E-state index in [0.29, 0.717) is 10.3 Å². The highest BCUT2D eigenvalue weighted by molar-refractivity contribution is 9.10. The maximum absolute atomic E-state index is 12.8. The molecule has 0 radical (unpaired) electrons. The molecule has 0 aliphatic rings. The minimum atomic E-state index is -4.36. The number of nitrogens with one attached hydrogen (secondary N) is 1. The van der Waals surface area contributed by atoms with E-state index in [4.69, 9.17) is 0 Å². The Hall–Kier alpha value is -1.63. The van der Waals surface area contributed by atoms with Crippen LogP contribution in [0.2, 0.25) is 0 Å². The van der Waals surface area contributed by atoms with Crippen LogP contribution in [0.4, 0.5) is 19.0 Å². The highest BCUT2D eigenvalue weighted by atomic mass is 79.9. The number of rotatable bonds is 3. The van der Waals surface area contributed by atoms with Crippen molar-refractivity contribution in [2.24, 2.45) is 0 Å². The molecule has 7 heteroatoms. The molecule has 1 N–H and O–H groups in total. The molecule has 0 saturated heterocycles. The van der Waals surface area contributed by atoms with E-state index in [9.17, 15) is 13.2 Å². The van der Waals surface area contributed by atoms with E-state index in [1.165, 1.54) is 24.7 Å². The van der Waals surface area contributed by atoms with E-state index in [-0.39, 0.29) is 12.1 Å². The van der Waals surface area contributed by atoms with Gasteiger partial charge >= 0.3 is 6.18 Å². The topological polar surface area (TPSA) is 37.8 Å². The van der Waals surface area contributed by atoms with Crippen molar-refractivity contribution in [1.82, 2.24) is 9.97 Å². The summed E-state index contributed by atoms with van der Waals surface area (Å²) in [6.45, 7) is 0.0330. The molecule has 2 rings (SSSR count). The zero-order valence-electron chi connectivity index (χ0n) is 9.58. The van der Waals surface area contributed by atoms with Gasteiger partial charge in [-0.3, -0.25) is 0 Å². The molecule has 0 spiro atoms. The van der Waals surface area contributed by atoms with Crippen molar-refractivity contribution < 1.29 is 13.2 Å².